The summed E-state index contributed by atoms with van der Waals surface area (Å²) in [5, 5.41) is 12.5. The summed E-state index contributed by atoms with van der Waals surface area (Å²) in [5.41, 5.74) is 0.902. The largest absolute Gasteiger partial charge is 0.483 e. The van der Waals surface area contributed by atoms with Crippen molar-refractivity contribution in [2.45, 2.75) is 18.4 Å². The number of benzene rings is 2. The zero-order chi connectivity index (χ0) is 18.9. The van der Waals surface area contributed by atoms with Gasteiger partial charge in [0, 0.05) is 35.2 Å². The van der Waals surface area contributed by atoms with Gasteiger partial charge in [-0.25, -0.2) is 0 Å². The number of aliphatic hydroxyl groups is 1. The van der Waals surface area contributed by atoms with Gasteiger partial charge in [-0.3, -0.25) is 4.79 Å². The van der Waals surface area contributed by atoms with Crippen LogP contribution in [0.4, 0.5) is 0 Å². The Morgan fingerprint density at radius 1 is 1.15 bits per heavy atom. The van der Waals surface area contributed by atoms with E-state index in [4.69, 9.17) is 16.3 Å². The monoisotopic (exact) mass is 384 g/mol. The molecule has 0 bridgehead atoms. The summed E-state index contributed by atoms with van der Waals surface area (Å²) in [6.45, 7) is 0.981. The lowest BCUT2D eigenvalue weighted by Crippen LogP contribution is -2.46. The number of nitrogens with zero attached hydrogens (tertiary/aromatic N) is 1. The first kappa shape index (κ1) is 17.9. The van der Waals surface area contributed by atoms with Gasteiger partial charge in [-0.05, 0) is 48.7 Å². The first-order chi connectivity index (χ1) is 13.0. The maximum Gasteiger partial charge on any atom is 0.260 e. The van der Waals surface area contributed by atoms with Gasteiger partial charge in [0.15, 0.2) is 6.61 Å². The third-order valence-electron chi connectivity index (χ3n) is 5.23. The molecule has 1 aliphatic rings. The van der Waals surface area contributed by atoms with Crippen molar-refractivity contribution < 1.29 is 14.6 Å². The van der Waals surface area contributed by atoms with Gasteiger partial charge in [-0.2, -0.15) is 0 Å². The van der Waals surface area contributed by atoms with Crippen molar-refractivity contribution in [3.05, 3.63) is 65.3 Å². The number of piperidine rings is 1. The number of amides is 1. The number of likely N-dealkylation sites (tertiary alicyclic amines) is 1. The Morgan fingerprint density at radius 2 is 1.89 bits per heavy atom. The van der Waals surface area contributed by atoms with Crippen LogP contribution in [0.15, 0.2) is 54.7 Å². The van der Waals surface area contributed by atoms with Crippen molar-refractivity contribution in [2.75, 3.05) is 19.7 Å². The van der Waals surface area contributed by atoms with Gasteiger partial charge in [0.25, 0.3) is 5.91 Å². The number of hydrogen-bond donors (Lipinski definition) is 2. The number of carbonyl (C=O) groups excluding carboxylic acids is 1. The van der Waals surface area contributed by atoms with Crippen molar-refractivity contribution in [1.82, 2.24) is 9.88 Å². The molecule has 1 fully saturated rings. The molecule has 3 aromatic rings. The maximum atomic E-state index is 12.5. The molecule has 140 valence electrons. The molecule has 6 heteroatoms. The second-order valence-corrected chi connectivity index (χ2v) is 7.34. The summed E-state index contributed by atoms with van der Waals surface area (Å²) in [7, 11) is 0. The van der Waals surface area contributed by atoms with Crippen LogP contribution in [0, 0.1) is 0 Å². The molecule has 27 heavy (non-hydrogen) atoms. The Morgan fingerprint density at radius 3 is 2.63 bits per heavy atom. The SMILES string of the molecule is O=C(COc1cccc2[nH]ccc12)N1CCC(O)(c2ccc(Cl)cc2)CC1. The molecule has 2 aromatic carbocycles. The summed E-state index contributed by atoms with van der Waals surface area (Å²) in [6.07, 6.45) is 2.84. The van der Waals surface area contributed by atoms with Crippen molar-refractivity contribution in [2.24, 2.45) is 0 Å². The minimum absolute atomic E-state index is 0.0103. The fraction of sp³-hybridized carbons (Fsp3) is 0.286. The standard InChI is InChI=1S/C21H21ClN2O3/c22-16-6-4-15(5-7-16)21(26)9-12-24(13-10-21)20(25)14-27-19-3-1-2-18-17(19)8-11-23-18/h1-8,11,23,26H,9-10,12-14H2. The highest BCUT2D eigenvalue weighted by atomic mass is 35.5. The molecule has 0 spiro atoms. The molecule has 1 aromatic heterocycles. The Bertz CT molecular complexity index is 943. The quantitative estimate of drug-likeness (QED) is 0.720. The molecule has 2 N–H and O–H groups in total. The van der Waals surface area contributed by atoms with E-state index in [1.165, 1.54) is 0 Å². The van der Waals surface area contributed by atoms with Crippen LogP contribution in [0.2, 0.25) is 5.02 Å². The zero-order valence-electron chi connectivity index (χ0n) is 14.8. The van der Waals surface area contributed by atoms with Crippen molar-refractivity contribution in [1.29, 1.82) is 0 Å². The number of hydrogen-bond acceptors (Lipinski definition) is 3. The lowest BCUT2D eigenvalue weighted by Gasteiger charge is -2.38. The zero-order valence-corrected chi connectivity index (χ0v) is 15.6. The van der Waals surface area contributed by atoms with E-state index in [0.29, 0.717) is 36.7 Å². The summed E-state index contributed by atoms with van der Waals surface area (Å²) in [5.74, 6) is 0.623. The van der Waals surface area contributed by atoms with Crippen LogP contribution in [-0.4, -0.2) is 40.6 Å². The number of H-pyrrole nitrogens is 1. The smallest absolute Gasteiger partial charge is 0.260 e. The second-order valence-electron chi connectivity index (χ2n) is 6.90. The number of aromatic amines is 1. The predicted molar refractivity (Wildman–Crippen MR) is 105 cm³/mol. The van der Waals surface area contributed by atoms with Crippen molar-refractivity contribution in [3.63, 3.8) is 0 Å². The average molecular weight is 385 g/mol. The van der Waals surface area contributed by atoms with E-state index in [1.807, 2.05) is 42.6 Å². The number of rotatable bonds is 4. The Balaban J connectivity index is 1.36. The maximum absolute atomic E-state index is 12.5. The highest BCUT2D eigenvalue weighted by molar-refractivity contribution is 6.30. The van der Waals surface area contributed by atoms with Crippen molar-refractivity contribution >= 4 is 28.4 Å². The van der Waals surface area contributed by atoms with E-state index in [0.717, 1.165) is 16.5 Å². The molecular weight excluding hydrogens is 364 g/mol. The van der Waals surface area contributed by atoms with Gasteiger partial charge in [0.2, 0.25) is 0 Å². The predicted octanol–water partition coefficient (Wildman–Crippen LogP) is 3.71. The number of ether oxygens (including phenoxy) is 1. The molecule has 0 unspecified atom stereocenters. The first-order valence-electron chi connectivity index (χ1n) is 9.00. The fourth-order valence-electron chi connectivity index (χ4n) is 3.59. The summed E-state index contributed by atoms with van der Waals surface area (Å²) in [4.78, 5) is 17.4. The summed E-state index contributed by atoms with van der Waals surface area (Å²) < 4.78 is 5.75. The van der Waals surface area contributed by atoms with E-state index < -0.39 is 5.60 Å². The van der Waals surface area contributed by atoms with Gasteiger partial charge < -0.3 is 19.7 Å². The van der Waals surface area contributed by atoms with E-state index in [1.54, 1.807) is 17.0 Å². The van der Waals surface area contributed by atoms with Crippen LogP contribution in [0.5, 0.6) is 5.75 Å². The van der Waals surface area contributed by atoms with E-state index in [-0.39, 0.29) is 12.5 Å². The van der Waals surface area contributed by atoms with Crippen LogP contribution < -0.4 is 4.74 Å². The normalized spacial score (nSPS) is 16.4. The third kappa shape index (κ3) is 3.66. The molecule has 0 aliphatic carbocycles. The molecule has 0 atom stereocenters. The molecule has 4 rings (SSSR count). The van der Waals surface area contributed by atoms with Crippen LogP contribution in [0.3, 0.4) is 0 Å². The molecule has 1 saturated heterocycles. The first-order valence-corrected chi connectivity index (χ1v) is 9.38. The van der Waals surface area contributed by atoms with E-state index in [2.05, 4.69) is 4.98 Å². The molecule has 1 amide bonds. The lowest BCUT2D eigenvalue weighted by molar-refractivity contribution is -0.137. The minimum atomic E-state index is -0.918. The molecule has 0 radical (unpaired) electrons. The molecule has 0 saturated carbocycles. The highest BCUT2D eigenvalue weighted by Gasteiger charge is 2.35. The fourth-order valence-corrected chi connectivity index (χ4v) is 3.71. The molecule has 2 heterocycles. The lowest BCUT2D eigenvalue weighted by atomic mass is 9.84. The van der Waals surface area contributed by atoms with Gasteiger partial charge in [0.1, 0.15) is 5.75 Å². The molecule has 5 nitrogen and oxygen atoms in total. The number of aromatic nitrogens is 1. The molecular formula is C21H21ClN2O3. The van der Waals surface area contributed by atoms with Gasteiger partial charge >= 0.3 is 0 Å². The summed E-state index contributed by atoms with van der Waals surface area (Å²) >= 11 is 5.92. The second kappa shape index (κ2) is 7.25. The number of nitrogens with one attached hydrogen (secondary N) is 1. The summed E-state index contributed by atoms with van der Waals surface area (Å²) in [6, 6.07) is 14.9. The highest BCUT2D eigenvalue weighted by Crippen LogP contribution is 2.33. The van der Waals surface area contributed by atoms with Gasteiger partial charge in [-0.15, -0.1) is 0 Å². The van der Waals surface area contributed by atoms with E-state index >= 15 is 0 Å². The van der Waals surface area contributed by atoms with Crippen LogP contribution in [0.25, 0.3) is 10.9 Å². The average Bonchev–Trinajstić information content (AvgIpc) is 3.16. The van der Waals surface area contributed by atoms with Crippen LogP contribution in [0.1, 0.15) is 18.4 Å². The minimum Gasteiger partial charge on any atom is -0.483 e. The van der Waals surface area contributed by atoms with Crippen LogP contribution in [-0.2, 0) is 10.4 Å². The Kier molecular flexibility index (Phi) is 4.81. The van der Waals surface area contributed by atoms with Gasteiger partial charge in [0.05, 0.1) is 5.60 Å². The third-order valence-corrected chi connectivity index (χ3v) is 5.48. The number of carbonyl (C=O) groups is 1. The van der Waals surface area contributed by atoms with Gasteiger partial charge in [-0.1, -0.05) is 29.8 Å². The van der Waals surface area contributed by atoms with Crippen molar-refractivity contribution in [3.8, 4) is 5.75 Å². The van der Waals surface area contributed by atoms with Crippen LogP contribution >= 0.6 is 11.6 Å². The number of fused-ring (bicyclic) bond motifs is 1. The Hall–Kier alpha value is -2.50. The number of halogens is 1. The molecule has 1 aliphatic heterocycles. The Labute approximate surface area is 162 Å². The van der Waals surface area contributed by atoms with E-state index in [9.17, 15) is 9.90 Å². The topological polar surface area (TPSA) is 65.6 Å².